The van der Waals surface area contributed by atoms with Gasteiger partial charge >= 0.3 is 0 Å². The van der Waals surface area contributed by atoms with Crippen LogP contribution in [0.1, 0.15) is 10.4 Å². The number of benzene rings is 2. The molecule has 0 aliphatic rings. The summed E-state index contributed by atoms with van der Waals surface area (Å²) in [5, 5.41) is 12.0. The molecule has 4 nitrogen and oxygen atoms in total. The number of hydrogen-bond donors (Lipinski definition) is 3. The number of aromatic nitrogens is 1. The Hall–Kier alpha value is -2.27. The highest BCUT2D eigenvalue weighted by molar-refractivity contribution is 9.10. The largest absolute Gasteiger partial charge is 0.506 e. The van der Waals surface area contributed by atoms with Crippen LogP contribution in [-0.2, 0) is 0 Å². The number of rotatable bonds is 2. The summed E-state index contributed by atoms with van der Waals surface area (Å²) >= 11 is 3.40. The van der Waals surface area contributed by atoms with Crippen molar-refractivity contribution in [3.8, 4) is 17.0 Å². The summed E-state index contributed by atoms with van der Waals surface area (Å²) in [4.78, 5) is 14.6. The standard InChI is InChI=1S/C15H11BrN2O2/c16-9-3-4-10-8(6-9)7-11(15(17)20)14(19)13(10)12-2-1-5-18-12/h1-7,18-19H,(H2,17,20). The Balaban J connectivity index is 2.46. The van der Waals surface area contributed by atoms with Gasteiger partial charge in [0.2, 0.25) is 0 Å². The molecule has 0 spiro atoms. The molecule has 5 heteroatoms. The van der Waals surface area contributed by atoms with Gasteiger partial charge in [0.1, 0.15) is 5.75 Å². The minimum absolute atomic E-state index is 0.102. The predicted octanol–water partition coefficient (Wildman–Crippen LogP) is 3.40. The van der Waals surface area contributed by atoms with Gasteiger partial charge in [-0.2, -0.15) is 0 Å². The van der Waals surface area contributed by atoms with Crippen LogP contribution in [0.25, 0.3) is 22.0 Å². The minimum atomic E-state index is -0.655. The molecule has 1 amide bonds. The van der Waals surface area contributed by atoms with Gasteiger partial charge in [0.25, 0.3) is 5.91 Å². The molecule has 0 fully saturated rings. The van der Waals surface area contributed by atoms with Crippen molar-refractivity contribution in [1.82, 2.24) is 4.98 Å². The summed E-state index contributed by atoms with van der Waals surface area (Å²) in [6, 6.07) is 10.9. The van der Waals surface area contributed by atoms with E-state index in [1.165, 1.54) is 0 Å². The van der Waals surface area contributed by atoms with Gasteiger partial charge in [0, 0.05) is 21.9 Å². The normalized spacial score (nSPS) is 10.8. The maximum atomic E-state index is 11.5. The Morgan fingerprint density at radius 2 is 2.05 bits per heavy atom. The molecule has 3 aromatic rings. The van der Waals surface area contributed by atoms with Crippen molar-refractivity contribution in [2.45, 2.75) is 0 Å². The van der Waals surface area contributed by atoms with E-state index in [2.05, 4.69) is 20.9 Å². The van der Waals surface area contributed by atoms with Crippen LogP contribution in [0.15, 0.2) is 47.1 Å². The van der Waals surface area contributed by atoms with Crippen LogP contribution in [0.2, 0.25) is 0 Å². The van der Waals surface area contributed by atoms with Crippen LogP contribution in [0.5, 0.6) is 5.75 Å². The Kier molecular flexibility index (Phi) is 2.99. The number of nitrogens with two attached hydrogens (primary N) is 1. The summed E-state index contributed by atoms with van der Waals surface area (Å²) in [6.45, 7) is 0. The van der Waals surface area contributed by atoms with Crippen molar-refractivity contribution in [2.24, 2.45) is 5.73 Å². The molecular weight excluding hydrogens is 320 g/mol. The van der Waals surface area contributed by atoms with Crippen molar-refractivity contribution in [3.05, 3.63) is 52.6 Å². The lowest BCUT2D eigenvalue weighted by molar-refractivity contribution is 0.0998. The fourth-order valence-corrected chi connectivity index (χ4v) is 2.69. The van der Waals surface area contributed by atoms with Gasteiger partial charge in [-0.1, -0.05) is 22.0 Å². The maximum Gasteiger partial charge on any atom is 0.252 e. The second-order valence-electron chi connectivity index (χ2n) is 4.46. The fourth-order valence-electron chi connectivity index (χ4n) is 2.31. The van der Waals surface area contributed by atoms with Gasteiger partial charge in [-0.15, -0.1) is 0 Å². The quantitative estimate of drug-likeness (QED) is 0.673. The average molecular weight is 331 g/mol. The number of carbonyl (C=O) groups excluding carboxylic acids is 1. The minimum Gasteiger partial charge on any atom is -0.506 e. The third kappa shape index (κ3) is 1.96. The molecule has 0 aliphatic heterocycles. The summed E-state index contributed by atoms with van der Waals surface area (Å²) in [5.41, 5.74) is 6.77. The second kappa shape index (κ2) is 4.68. The molecule has 0 radical (unpaired) electrons. The molecule has 0 aliphatic carbocycles. The number of phenols is 1. The molecule has 20 heavy (non-hydrogen) atoms. The number of aromatic hydroxyl groups is 1. The SMILES string of the molecule is NC(=O)c1cc2cc(Br)ccc2c(-c2ccc[nH]2)c1O. The van der Waals surface area contributed by atoms with Gasteiger partial charge in [0.05, 0.1) is 5.56 Å². The Bertz CT molecular complexity index is 810. The lowest BCUT2D eigenvalue weighted by Gasteiger charge is -2.11. The van der Waals surface area contributed by atoms with Crippen molar-refractivity contribution in [1.29, 1.82) is 0 Å². The number of hydrogen-bond acceptors (Lipinski definition) is 2. The van der Waals surface area contributed by atoms with E-state index in [0.29, 0.717) is 5.56 Å². The first-order valence-corrected chi connectivity index (χ1v) is 6.76. The molecular formula is C15H11BrN2O2. The first kappa shape index (κ1) is 12.7. The van der Waals surface area contributed by atoms with Crippen LogP contribution in [0.3, 0.4) is 0 Å². The van der Waals surface area contributed by atoms with Gasteiger partial charge in [-0.3, -0.25) is 4.79 Å². The molecule has 3 rings (SSSR count). The van der Waals surface area contributed by atoms with Gasteiger partial charge in [-0.05, 0) is 41.1 Å². The highest BCUT2D eigenvalue weighted by Gasteiger charge is 2.18. The highest BCUT2D eigenvalue weighted by Crippen LogP contribution is 2.39. The Morgan fingerprint density at radius 3 is 2.70 bits per heavy atom. The third-order valence-electron chi connectivity index (χ3n) is 3.21. The number of H-pyrrole nitrogens is 1. The average Bonchev–Trinajstić information content (AvgIpc) is 2.91. The zero-order chi connectivity index (χ0) is 14.3. The molecule has 0 bridgehead atoms. The number of halogens is 1. The van der Waals surface area contributed by atoms with E-state index in [9.17, 15) is 9.90 Å². The molecule has 0 atom stereocenters. The van der Waals surface area contributed by atoms with E-state index in [1.807, 2.05) is 30.3 Å². The van der Waals surface area contributed by atoms with E-state index in [0.717, 1.165) is 20.9 Å². The van der Waals surface area contributed by atoms with Crippen LogP contribution >= 0.6 is 15.9 Å². The number of carbonyl (C=O) groups is 1. The fraction of sp³-hybridized carbons (Fsp3) is 0. The first-order chi connectivity index (χ1) is 9.58. The van der Waals surface area contributed by atoms with E-state index >= 15 is 0 Å². The van der Waals surface area contributed by atoms with Gasteiger partial charge in [-0.25, -0.2) is 0 Å². The topological polar surface area (TPSA) is 79.1 Å². The molecule has 100 valence electrons. The molecule has 0 saturated heterocycles. The van der Waals surface area contributed by atoms with Crippen LogP contribution in [0, 0.1) is 0 Å². The summed E-state index contributed by atoms with van der Waals surface area (Å²) < 4.78 is 0.892. The third-order valence-corrected chi connectivity index (χ3v) is 3.70. The van der Waals surface area contributed by atoms with Gasteiger partial charge < -0.3 is 15.8 Å². The zero-order valence-corrected chi connectivity index (χ0v) is 11.9. The zero-order valence-electron chi connectivity index (χ0n) is 10.4. The smallest absolute Gasteiger partial charge is 0.252 e. The van der Waals surface area contributed by atoms with Crippen molar-refractivity contribution >= 4 is 32.6 Å². The number of aromatic amines is 1. The first-order valence-electron chi connectivity index (χ1n) is 5.96. The van der Waals surface area contributed by atoms with Crippen molar-refractivity contribution in [3.63, 3.8) is 0 Å². The highest BCUT2D eigenvalue weighted by atomic mass is 79.9. The van der Waals surface area contributed by atoms with Crippen molar-refractivity contribution in [2.75, 3.05) is 0 Å². The van der Waals surface area contributed by atoms with E-state index in [1.54, 1.807) is 12.3 Å². The number of fused-ring (bicyclic) bond motifs is 1. The number of primary amides is 1. The predicted molar refractivity (Wildman–Crippen MR) is 81.6 cm³/mol. The van der Waals surface area contributed by atoms with Crippen LogP contribution < -0.4 is 5.73 Å². The number of amides is 1. The van der Waals surface area contributed by atoms with E-state index < -0.39 is 5.91 Å². The second-order valence-corrected chi connectivity index (χ2v) is 5.38. The molecule has 0 saturated carbocycles. The molecule has 0 unspecified atom stereocenters. The van der Waals surface area contributed by atoms with Crippen molar-refractivity contribution < 1.29 is 9.90 Å². The molecule has 1 heterocycles. The van der Waals surface area contributed by atoms with E-state index in [-0.39, 0.29) is 11.3 Å². The summed E-state index contributed by atoms with van der Waals surface area (Å²) in [6.07, 6.45) is 1.76. The maximum absolute atomic E-state index is 11.5. The Morgan fingerprint density at radius 1 is 1.25 bits per heavy atom. The summed E-state index contributed by atoms with van der Waals surface area (Å²) in [5.74, 6) is -0.757. The number of nitrogens with one attached hydrogen (secondary N) is 1. The molecule has 1 aromatic heterocycles. The lowest BCUT2D eigenvalue weighted by Crippen LogP contribution is -2.11. The lowest BCUT2D eigenvalue weighted by atomic mass is 9.97. The molecule has 2 aromatic carbocycles. The van der Waals surface area contributed by atoms with E-state index in [4.69, 9.17) is 5.73 Å². The summed E-state index contributed by atoms with van der Waals surface area (Å²) in [7, 11) is 0. The van der Waals surface area contributed by atoms with Gasteiger partial charge in [0.15, 0.2) is 0 Å². The Labute approximate surface area is 123 Å². The van der Waals surface area contributed by atoms with Crippen LogP contribution in [-0.4, -0.2) is 16.0 Å². The monoisotopic (exact) mass is 330 g/mol. The molecule has 4 N–H and O–H groups in total. The van der Waals surface area contributed by atoms with Crippen LogP contribution in [0.4, 0.5) is 0 Å².